The monoisotopic (exact) mass is 331 g/mol. The second-order valence-corrected chi connectivity index (χ2v) is 6.09. The van der Waals surface area contributed by atoms with E-state index in [-0.39, 0.29) is 17.1 Å². The van der Waals surface area contributed by atoms with Crippen LogP contribution >= 0.6 is 15.9 Å². The number of halogens is 1. The van der Waals surface area contributed by atoms with Crippen LogP contribution in [0.25, 0.3) is 0 Å². The smallest absolute Gasteiger partial charge is 0.243 e. The number of nitrogens with two attached hydrogens (primary N) is 1. The molecule has 7 nitrogen and oxygen atoms in total. The number of benzene rings is 1. The number of sulfonamides is 1. The quantitative estimate of drug-likeness (QED) is 0.711. The summed E-state index contributed by atoms with van der Waals surface area (Å²) >= 11 is 3.22. The van der Waals surface area contributed by atoms with Crippen molar-refractivity contribution < 1.29 is 8.42 Å². The summed E-state index contributed by atoms with van der Waals surface area (Å²) in [6.45, 7) is 0.0256. The van der Waals surface area contributed by atoms with E-state index in [2.05, 4.69) is 35.8 Å². The van der Waals surface area contributed by atoms with E-state index < -0.39 is 10.0 Å². The maximum absolute atomic E-state index is 12.0. The lowest BCUT2D eigenvalue weighted by Crippen LogP contribution is -2.24. The average Bonchev–Trinajstić information content (AvgIpc) is 2.78. The molecule has 0 bridgehead atoms. The van der Waals surface area contributed by atoms with E-state index in [1.165, 1.54) is 18.5 Å². The number of nitrogen functional groups attached to an aromatic ring is 1. The van der Waals surface area contributed by atoms with Crippen molar-refractivity contribution >= 4 is 31.6 Å². The van der Waals surface area contributed by atoms with Gasteiger partial charge in [0.15, 0.2) is 0 Å². The minimum atomic E-state index is -3.67. The van der Waals surface area contributed by atoms with Gasteiger partial charge in [0, 0.05) is 4.47 Å². The third-order valence-electron chi connectivity index (χ3n) is 2.16. The SMILES string of the molecule is Nc1cc(Br)ccc1S(=O)(=O)NCc1ncn[nH]1. The van der Waals surface area contributed by atoms with Gasteiger partial charge < -0.3 is 5.73 Å². The highest BCUT2D eigenvalue weighted by Gasteiger charge is 2.17. The van der Waals surface area contributed by atoms with Gasteiger partial charge >= 0.3 is 0 Å². The van der Waals surface area contributed by atoms with Crippen LogP contribution in [0.1, 0.15) is 5.82 Å². The number of hydrogen-bond acceptors (Lipinski definition) is 5. The number of hydrogen-bond donors (Lipinski definition) is 3. The Bertz CT molecular complexity index is 641. The van der Waals surface area contributed by atoms with Gasteiger partial charge in [0.1, 0.15) is 17.0 Å². The number of aromatic amines is 1. The van der Waals surface area contributed by atoms with E-state index in [0.29, 0.717) is 10.3 Å². The van der Waals surface area contributed by atoms with E-state index >= 15 is 0 Å². The third kappa shape index (κ3) is 2.86. The van der Waals surface area contributed by atoms with Gasteiger partial charge in [0.25, 0.3) is 0 Å². The Morgan fingerprint density at radius 3 is 2.83 bits per heavy atom. The fourth-order valence-electron chi connectivity index (χ4n) is 1.32. The van der Waals surface area contributed by atoms with Gasteiger partial charge in [0.2, 0.25) is 10.0 Å². The highest BCUT2D eigenvalue weighted by Crippen LogP contribution is 2.22. The molecule has 0 aliphatic carbocycles. The predicted molar refractivity (Wildman–Crippen MR) is 69.0 cm³/mol. The molecule has 0 spiro atoms. The zero-order valence-corrected chi connectivity index (χ0v) is 11.5. The van der Waals surface area contributed by atoms with Crippen LogP contribution in [0, 0.1) is 0 Å². The van der Waals surface area contributed by atoms with Crippen molar-refractivity contribution in [3.05, 3.63) is 34.8 Å². The Kier molecular flexibility index (Phi) is 3.64. The van der Waals surface area contributed by atoms with E-state index in [1.54, 1.807) is 6.07 Å². The van der Waals surface area contributed by atoms with Crippen LogP contribution in [0.5, 0.6) is 0 Å². The van der Waals surface area contributed by atoms with Crippen molar-refractivity contribution in [3.8, 4) is 0 Å². The van der Waals surface area contributed by atoms with Gasteiger partial charge in [-0.3, -0.25) is 5.10 Å². The van der Waals surface area contributed by atoms with Crippen LogP contribution in [0.2, 0.25) is 0 Å². The van der Waals surface area contributed by atoms with Gasteiger partial charge in [-0.05, 0) is 18.2 Å². The molecule has 9 heteroatoms. The van der Waals surface area contributed by atoms with Crippen LogP contribution in [0.4, 0.5) is 5.69 Å². The molecule has 1 aromatic heterocycles. The molecule has 0 radical (unpaired) electrons. The number of anilines is 1. The second kappa shape index (κ2) is 5.04. The van der Waals surface area contributed by atoms with Crippen LogP contribution in [-0.4, -0.2) is 23.6 Å². The van der Waals surface area contributed by atoms with E-state index in [0.717, 1.165) is 0 Å². The van der Waals surface area contributed by atoms with Crippen molar-refractivity contribution in [2.24, 2.45) is 0 Å². The first-order valence-corrected chi connectivity index (χ1v) is 7.15. The predicted octanol–water partition coefficient (Wildman–Crippen LogP) is 0.628. The lowest BCUT2D eigenvalue weighted by molar-refractivity contribution is 0.580. The Labute approximate surface area is 112 Å². The normalized spacial score (nSPS) is 11.6. The second-order valence-electron chi connectivity index (χ2n) is 3.44. The van der Waals surface area contributed by atoms with Gasteiger partial charge in [-0.25, -0.2) is 18.1 Å². The Morgan fingerprint density at radius 2 is 2.22 bits per heavy atom. The molecule has 4 N–H and O–H groups in total. The molecule has 0 saturated carbocycles. The molecule has 0 unspecified atom stereocenters. The zero-order valence-electron chi connectivity index (χ0n) is 9.09. The number of rotatable bonds is 4. The molecule has 0 atom stereocenters. The Morgan fingerprint density at radius 1 is 1.44 bits per heavy atom. The third-order valence-corrected chi connectivity index (χ3v) is 4.12. The van der Waals surface area contributed by atoms with Gasteiger partial charge in [0.05, 0.1) is 12.2 Å². The molecule has 0 amide bonds. The molecule has 0 aliphatic heterocycles. The van der Waals surface area contributed by atoms with Crippen molar-refractivity contribution in [2.45, 2.75) is 11.4 Å². The van der Waals surface area contributed by atoms with E-state index in [1.807, 2.05) is 0 Å². The summed E-state index contributed by atoms with van der Waals surface area (Å²) in [6.07, 6.45) is 1.30. The molecular formula is C9H10BrN5O2S. The van der Waals surface area contributed by atoms with Crippen molar-refractivity contribution in [1.29, 1.82) is 0 Å². The Hall–Kier alpha value is -1.45. The summed E-state index contributed by atoms with van der Waals surface area (Å²) in [5.74, 6) is 0.425. The largest absolute Gasteiger partial charge is 0.398 e. The summed E-state index contributed by atoms with van der Waals surface area (Å²) in [5.41, 5.74) is 5.85. The van der Waals surface area contributed by atoms with Crippen LogP contribution < -0.4 is 10.5 Å². The molecule has 0 fully saturated rings. The standard InChI is InChI=1S/C9H10BrN5O2S/c10-6-1-2-8(7(11)3-6)18(16,17)14-4-9-12-5-13-15-9/h1-3,5,14H,4,11H2,(H,12,13,15). The van der Waals surface area contributed by atoms with Gasteiger partial charge in [-0.15, -0.1) is 0 Å². The zero-order chi connectivity index (χ0) is 13.2. The highest BCUT2D eigenvalue weighted by molar-refractivity contribution is 9.10. The van der Waals surface area contributed by atoms with Crippen LogP contribution in [0.15, 0.2) is 33.9 Å². The summed E-state index contributed by atoms with van der Waals surface area (Å²) in [4.78, 5) is 3.85. The van der Waals surface area contributed by atoms with Crippen LogP contribution in [0.3, 0.4) is 0 Å². The van der Waals surface area contributed by atoms with Crippen molar-refractivity contribution in [2.75, 3.05) is 5.73 Å². The van der Waals surface area contributed by atoms with Crippen LogP contribution in [-0.2, 0) is 16.6 Å². The summed E-state index contributed by atoms with van der Waals surface area (Å²) in [7, 11) is -3.67. The molecule has 1 heterocycles. The average molecular weight is 332 g/mol. The minimum absolute atomic E-state index is 0.0256. The number of H-pyrrole nitrogens is 1. The Balaban J connectivity index is 2.20. The maximum atomic E-state index is 12.0. The summed E-state index contributed by atoms with van der Waals surface area (Å²) in [6, 6.07) is 4.57. The lowest BCUT2D eigenvalue weighted by atomic mass is 10.3. The first-order valence-electron chi connectivity index (χ1n) is 4.88. The van der Waals surface area contributed by atoms with Gasteiger partial charge in [-0.2, -0.15) is 5.10 Å². The van der Waals surface area contributed by atoms with Crippen molar-refractivity contribution in [3.63, 3.8) is 0 Å². The molecule has 1 aromatic carbocycles. The van der Waals surface area contributed by atoms with E-state index in [9.17, 15) is 8.42 Å². The molecule has 18 heavy (non-hydrogen) atoms. The molecular weight excluding hydrogens is 322 g/mol. The molecule has 2 rings (SSSR count). The molecule has 2 aromatic rings. The number of aromatic nitrogens is 3. The molecule has 0 saturated heterocycles. The van der Waals surface area contributed by atoms with Crippen molar-refractivity contribution in [1.82, 2.24) is 19.9 Å². The lowest BCUT2D eigenvalue weighted by Gasteiger charge is -2.08. The van der Waals surface area contributed by atoms with E-state index in [4.69, 9.17) is 5.73 Å². The fourth-order valence-corrected chi connectivity index (χ4v) is 2.80. The fraction of sp³-hybridized carbons (Fsp3) is 0.111. The first-order chi connectivity index (χ1) is 8.49. The van der Waals surface area contributed by atoms with Gasteiger partial charge in [-0.1, -0.05) is 15.9 Å². The molecule has 0 aliphatic rings. The first kappa shape index (κ1) is 13.0. The number of nitrogens with zero attached hydrogens (tertiary/aromatic N) is 2. The topological polar surface area (TPSA) is 114 Å². The summed E-state index contributed by atoms with van der Waals surface area (Å²) < 4.78 is 27.1. The number of nitrogens with one attached hydrogen (secondary N) is 2. The molecule has 96 valence electrons. The maximum Gasteiger partial charge on any atom is 0.243 e. The summed E-state index contributed by atoms with van der Waals surface area (Å²) in [5, 5.41) is 6.18. The minimum Gasteiger partial charge on any atom is -0.398 e. The highest BCUT2D eigenvalue weighted by atomic mass is 79.9.